The Hall–Kier alpha value is -1.46. The zero-order chi connectivity index (χ0) is 13.9. The summed E-state index contributed by atoms with van der Waals surface area (Å²) in [4.78, 5) is 0. The maximum atomic E-state index is 9.92. The van der Waals surface area contributed by atoms with Crippen LogP contribution >= 0.6 is 0 Å². The number of benzene rings is 1. The van der Waals surface area contributed by atoms with Gasteiger partial charge in [0.2, 0.25) is 5.75 Å². The molecule has 1 aromatic rings. The summed E-state index contributed by atoms with van der Waals surface area (Å²) >= 11 is 0. The first kappa shape index (κ1) is 14.6. The van der Waals surface area contributed by atoms with E-state index < -0.39 is 29.4 Å². The lowest BCUT2D eigenvalue weighted by molar-refractivity contribution is 0.127. The van der Waals surface area contributed by atoms with Gasteiger partial charge in [0, 0.05) is 5.56 Å². The molecule has 0 spiro atoms. The summed E-state index contributed by atoms with van der Waals surface area (Å²) in [5.74, 6) is -1.06. The van der Waals surface area contributed by atoms with Crippen LogP contribution in [0.2, 0.25) is 0 Å². The van der Waals surface area contributed by atoms with Gasteiger partial charge in [-0.2, -0.15) is 0 Å². The van der Waals surface area contributed by atoms with Gasteiger partial charge >= 0.3 is 0 Å². The molecule has 0 fully saturated rings. The van der Waals surface area contributed by atoms with Crippen molar-refractivity contribution >= 4 is 0 Å². The Kier molecular flexibility index (Phi) is 4.81. The molecule has 0 saturated heterocycles. The van der Waals surface area contributed by atoms with Crippen LogP contribution in [0.3, 0.4) is 0 Å². The minimum Gasteiger partial charge on any atom is -0.504 e. The molecule has 0 saturated carbocycles. The average molecular weight is 255 g/mol. The number of phenols is 3. The molecule has 0 aliphatic rings. The van der Waals surface area contributed by atoms with E-state index in [4.69, 9.17) is 5.73 Å². The topological polar surface area (TPSA) is 107 Å². The number of aliphatic hydroxyl groups is 1. The average Bonchev–Trinajstić information content (AvgIpc) is 2.32. The number of aliphatic hydroxyl groups excluding tert-OH is 1. The van der Waals surface area contributed by atoms with E-state index in [1.165, 1.54) is 12.1 Å². The van der Waals surface area contributed by atoms with Gasteiger partial charge in [-0.05, 0) is 30.9 Å². The van der Waals surface area contributed by atoms with E-state index >= 15 is 0 Å². The standard InChI is InChI=1S/C13H21NO4/c1-7(2)3-5-9(15)11(14)8-4-6-10(16)13(18)12(8)17/h4,6-7,9,11,15-18H,3,5,14H2,1-2H3/t9-,11+/m0/s1. The minimum atomic E-state index is -0.803. The van der Waals surface area contributed by atoms with E-state index in [0.29, 0.717) is 12.3 Å². The SMILES string of the molecule is CC(C)CC[C@H](O)[C@H](N)c1ccc(O)c(O)c1O. The Morgan fingerprint density at radius 3 is 2.22 bits per heavy atom. The van der Waals surface area contributed by atoms with Gasteiger partial charge in [-0.15, -0.1) is 0 Å². The van der Waals surface area contributed by atoms with E-state index in [9.17, 15) is 20.4 Å². The number of rotatable bonds is 5. The highest BCUT2D eigenvalue weighted by atomic mass is 16.3. The first-order valence-electron chi connectivity index (χ1n) is 6.02. The second kappa shape index (κ2) is 5.93. The second-order valence-corrected chi connectivity index (χ2v) is 4.94. The van der Waals surface area contributed by atoms with Crippen molar-refractivity contribution in [2.24, 2.45) is 11.7 Å². The van der Waals surface area contributed by atoms with Crippen molar-refractivity contribution in [2.75, 3.05) is 0 Å². The summed E-state index contributed by atoms with van der Waals surface area (Å²) in [5.41, 5.74) is 6.07. The van der Waals surface area contributed by atoms with Gasteiger partial charge < -0.3 is 26.2 Å². The fraction of sp³-hybridized carbons (Fsp3) is 0.538. The van der Waals surface area contributed by atoms with Crippen LogP contribution in [0.15, 0.2) is 12.1 Å². The summed E-state index contributed by atoms with van der Waals surface area (Å²) in [5, 5.41) is 38.2. The van der Waals surface area contributed by atoms with E-state index in [2.05, 4.69) is 0 Å². The lowest BCUT2D eigenvalue weighted by Crippen LogP contribution is -2.26. The molecular formula is C13H21NO4. The second-order valence-electron chi connectivity index (χ2n) is 4.94. The third kappa shape index (κ3) is 3.27. The molecule has 102 valence electrons. The number of phenolic OH excluding ortho intramolecular Hbond substituents is 3. The lowest BCUT2D eigenvalue weighted by atomic mass is 9.95. The summed E-state index contributed by atoms with van der Waals surface area (Å²) in [6, 6.07) is 1.84. The van der Waals surface area contributed by atoms with Crippen LogP contribution in [-0.2, 0) is 0 Å². The molecule has 0 aliphatic carbocycles. The largest absolute Gasteiger partial charge is 0.504 e. The quantitative estimate of drug-likeness (QED) is 0.514. The Labute approximate surface area is 107 Å². The molecule has 6 N–H and O–H groups in total. The fourth-order valence-corrected chi connectivity index (χ4v) is 1.74. The molecule has 0 heterocycles. The Morgan fingerprint density at radius 1 is 1.06 bits per heavy atom. The van der Waals surface area contributed by atoms with Gasteiger partial charge in [-0.3, -0.25) is 0 Å². The number of nitrogens with two attached hydrogens (primary N) is 1. The third-order valence-corrected chi connectivity index (χ3v) is 2.97. The third-order valence-electron chi connectivity index (χ3n) is 2.97. The Morgan fingerprint density at radius 2 is 1.67 bits per heavy atom. The molecule has 5 nitrogen and oxygen atoms in total. The van der Waals surface area contributed by atoms with Gasteiger partial charge in [-0.25, -0.2) is 0 Å². The first-order valence-corrected chi connectivity index (χ1v) is 6.02. The van der Waals surface area contributed by atoms with Gasteiger partial charge in [0.05, 0.1) is 12.1 Å². The van der Waals surface area contributed by atoms with Crippen LogP contribution in [-0.4, -0.2) is 26.5 Å². The molecule has 0 aliphatic heterocycles. The molecule has 2 atom stereocenters. The summed E-state index contributed by atoms with van der Waals surface area (Å²) < 4.78 is 0. The van der Waals surface area contributed by atoms with Crippen LogP contribution < -0.4 is 5.73 Å². The summed E-state index contributed by atoms with van der Waals surface area (Å²) in [7, 11) is 0. The van der Waals surface area contributed by atoms with Crippen molar-refractivity contribution in [1.82, 2.24) is 0 Å². The normalized spacial score (nSPS) is 14.7. The number of aromatic hydroxyl groups is 3. The van der Waals surface area contributed by atoms with Crippen molar-refractivity contribution in [1.29, 1.82) is 0 Å². The predicted octanol–water partition coefficient (Wildman–Crippen LogP) is 1.60. The molecule has 18 heavy (non-hydrogen) atoms. The Balaban J connectivity index is 2.83. The lowest BCUT2D eigenvalue weighted by Gasteiger charge is -2.21. The fourth-order valence-electron chi connectivity index (χ4n) is 1.74. The van der Waals surface area contributed by atoms with Gasteiger partial charge in [0.1, 0.15) is 0 Å². The highest BCUT2D eigenvalue weighted by Crippen LogP contribution is 2.40. The predicted molar refractivity (Wildman–Crippen MR) is 68.4 cm³/mol. The minimum absolute atomic E-state index is 0.224. The molecular weight excluding hydrogens is 234 g/mol. The Bertz CT molecular complexity index is 406. The number of hydrogen-bond acceptors (Lipinski definition) is 5. The van der Waals surface area contributed by atoms with Gasteiger partial charge in [0.15, 0.2) is 11.5 Å². The van der Waals surface area contributed by atoms with Crippen molar-refractivity contribution in [3.05, 3.63) is 17.7 Å². The van der Waals surface area contributed by atoms with Crippen LogP contribution in [0.5, 0.6) is 17.2 Å². The molecule has 0 unspecified atom stereocenters. The maximum absolute atomic E-state index is 9.92. The van der Waals surface area contributed by atoms with Crippen molar-refractivity contribution < 1.29 is 20.4 Å². The van der Waals surface area contributed by atoms with Gasteiger partial charge in [-0.1, -0.05) is 13.8 Å². The van der Waals surface area contributed by atoms with E-state index in [1.807, 2.05) is 13.8 Å². The molecule has 0 radical (unpaired) electrons. The van der Waals surface area contributed by atoms with Crippen LogP contribution in [0.1, 0.15) is 38.3 Å². The summed E-state index contributed by atoms with van der Waals surface area (Å²) in [6.45, 7) is 4.09. The highest BCUT2D eigenvalue weighted by molar-refractivity contribution is 5.54. The molecule has 0 bridgehead atoms. The molecule has 5 heteroatoms. The molecule has 0 aromatic heterocycles. The van der Waals surface area contributed by atoms with Gasteiger partial charge in [0.25, 0.3) is 0 Å². The monoisotopic (exact) mass is 255 g/mol. The molecule has 1 aromatic carbocycles. The van der Waals surface area contributed by atoms with Crippen molar-refractivity contribution in [3.63, 3.8) is 0 Å². The first-order chi connectivity index (χ1) is 8.34. The maximum Gasteiger partial charge on any atom is 0.200 e. The number of hydrogen-bond donors (Lipinski definition) is 5. The summed E-state index contributed by atoms with van der Waals surface area (Å²) in [6.07, 6.45) is 0.529. The van der Waals surface area contributed by atoms with Crippen LogP contribution in [0, 0.1) is 5.92 Å². The zero-order valence-electron chi connectivity index (χ0n) is 10.7. The van der Waals surface area contributed by atoms with Crippen LogP contribution in [0.4, 0.5) is 0 Å². The molecule has 1 rings (SSSR count). The zero-order valence-corrected chi connectivity index (χ0v) is 10.7. The molecule has 0 amide bonds. The smallest absolute Gasteiger partial charge is 0.200 e. The highest BCUT2D eigenvalue weighted by Gasteiger charge is 2.22. The van der Waals surface area contributed by atoms with Crippen molar-refractivity contribution in [2.45, 2.75) is 38.8 Å². The van der Waals surface area contributed by atoms with E-state index in [-0.39, 0.29) is 5.56 Å². The van der Waals surface area contributed by atoms with E-state index in [0.717, 1.165) is 6.42 Å². The van der Waals surface area contributed by atoms with Crippen LogP contribution in [0.25, 0.3) is 0 Å². The van der Waals surface area contributed by atoms with Crippen molar-refractivity contribution in [3.8, 4) is 17.2 Å². The van der Waals surface area contributed by atoms with E-state index in [1.54, 1.807) is 0 Å².